The van der Waals surface area contributed by atoms with Gasteiger partial charge in [-0.1, -0.05) is 17.7 Å². The molecule has 0 radical (unpaired) electrons. The van der Waals surface area contributed by atoms with Crippen LogP contribution in [0.5, 0.6) is 0 Å². The predicted molar refractivity (Wildman–Crippen MR) is 62.4 cm³/mol. The molecule has 0 amide bonds. The molecule has 0 fully saturated rings. The molecular formula is C12H14O2S. The topological polar surface area (TPSA) is 34.1 Å². The van der Waals surface area contributed by atoms with Gasteiger partial charge in [-0.25, -0.2) is 8.42 Å². The molecule has 0 saturated carbocycles. The van der Waals surface area contributed by atoms with Crippen LogP contribution in [0, 0.1) is 31.9 Å². The Hall–Kier alpha value is -1.27. The minimum atomic E-state index is -3.23. The Balaban J connectivity index is 3.32. The SMILES string of the molecule is Cc1cc(C)c(C#CS(C)(=O)=O)c(C)c1. The molecule has 1 rings (SSSR count). The lowest BCUT2D eigenvalue weighted by Gasteiger charge is -2.04. The van der Waals surface area contributed by atoms with Gasteiger partial charge in [0.15, 0.2) is 0 Å². The molecule has 0 aliphatic heterocycles. The number of hydrogen-bond donors (Lipinski definition) is 0. The van der Waals surface area contributed by atoms with Gasteiger partial charge in [-0.2, -0.15) is 0 Å². The van der Waals surface area contributed by atoms with Gasteiger partial charge in [0.1, 0.15) is 0 Å². The van der Waals surface area contributed by atoms with Crippen LogP contribution in [0.15, 0.2) is 12.1 Å². The fourth-order valence-electron chi connectivity index (χ4n) is 1.52. The number of benzene rings is 1. The molecule has 2 nitrogen and oxygen atoms in total. The molecule has 0 saturated heterocycles. The Morgan fingerprint density at radius 2 is 1.53 bits per heavy atom. The highest BCUT2D eigenvalue weighted by molar-refractivity contribution is 7.95. The first-order chi connectivity index (χ1) is 6.79. The van der Waals surface area contributed by atoms with E-state index in [0.717, 1.165) is 28.5 Å². The lowest BCUT2D eigenvalue weighted by molar-refractivity contribution is 0.611. The minimum Gasteiger partial charge on any atom is -0.216 e. The summed E-state index contributed by atoms with van der Waals surface area (Å²) < 4.78 is 21.8. The Labute approximate surface area is 91.2 Å². The van der Waals surface area contributed by atoms with Crippen LogP contribution in [0.4, 0.5) is 0 Å². The quantitative estimate of drug-likeness (QED) is 0.629. The van der Waals surface area contributed by atoms with Crippen LogP contribution < -0.4 is 0 Å². The van der Waals surface area contributed by atoms with E-state index in [1.54, 1.807) is 0 Å². The van der Waals surface area contributed by atoms with Crippen molar-refractivity contribution in [3.05, 3.63) is 34.4 Å². The van der Waals surface area contributed by atoms with Crippen molar-refractivity contribution in [1.82, 2.24) is 0 Å². The second-order valence-corrected chi connectivity index (χ2v) is 5.52. The van der Waals surface area contributed by atoms with Crippen molar-refractivity contribution in [2.45, 2.75) is 20.8 Å². The summed E-state index contributed by atoms with van der Waals surface area (Å²) in [5, 5.41) is 2.26. The molecular weight excluding hydrogens is 208 g/mol. The van der Waals surface area contributed by atoms with Gasteiger partial charge in [0, 0.05) is 10.8 Å². The van der Waals surface area contributed by atoms with Gasteiger partial charge >= 0.3 is 0 Å². The predicted octanol–water partition coefficient (Wildman–Crippen LogP) is 1.97. The first-order valence-electron chi connectivity index (χ1n) is 4.60. The maximum Gasteiger partial charge on any atom is 0.214 e. The van der Waals surface area contributed by atoms with Gasteiger partial charge in [-0.15, -0.1) is 0 Å². The molecule has 15 heavy (non-hydrogen) atoms. The number of sulfone groups is 1. The van der Waals surface area contributed by atoms with Gasteiger partial charge in [0.25, 0.3) is 0 Å². The van der Waals surface area contributed by atoms with E-state index in [-0.39, 0.29) is 0 Å². The average molecular weight is 222 g/mol. The zero-order valence-corrected chi connectivity index (χ0v) is 10.2. The maximum atomic E-state index is 10.9. The zero-order valence-electron chi connectivity index (χ0n) is 9.38. The van der Waals surface area contributed by atoms with Crippen molar-refractivity contribution < 1.29 is 8.42 Å². The molecule has 0 atom stereocenters. The number of hydrogen-bond acceptors (Lipinski definition) is 2. The minimum absolute atomic E-state index is 0.811. The van der Waals surface area contributed by atoms with Crippen molar-refractivity contribution >= 4 is 9.84 Å². The molecule has 0 bridgehead atoms. The first-order valence-corrected chi connectivity index (χ1v) is 6.49. The molecule has 0 aliphatic carbocycles. The highest BCUT2D eigenvalue weighted by Crippen LogP contribution is 2.14. The molecule has 0 spiro atoms. The largest absolute Gasteiger partial charge is 0.216 e. The van der Waals surface area contributed by atoms with E-state index >= 15 is 0 Å². The molecule has 0 aliphatic rings. The van der Waals surface area contributed by atoms with Crippen molar-refractivity contribution in [3.8, 4) is 11.2 Å². The van der Waals surface area contributed by atoms with Gasteiger partial charge in [0.05, 0.1) is 6.26 Å². The highest BCUT2D eigenvalue weighted by Gasteiger charge is 2.01. The average Bonchev–Trinajstić information content (AvgIpc) is 1.99. The molecule has 0 N–H and O–H groups in total. The monoisotopic (exact) mass is 222 g/mol. The number of rotatable bonds is 0. The van der Waals surface area contributed by atoms with Crippen LogP contribution >= 0.6 is 0 Å². The van der Waals surface area contributed by atoms with E-state index in [1.807, 2.05) is 32.9 Å². The third kappa shape index (κ3) is 3.41. The molecule has 3 heteroatoms. The van der Waals surface area contributed by atoms with Gasteiger partial charge in [-0.3, -0.25) is 0 Å². The Morgan fingerprint density at radius 1 is 1.07 bits per heavy atom. The van der Waals surface area contributed by atoms with Crippen molar-refractivity contribution in [2.75, 3.05) is 6.26 Å². The van der Waals surface area contributed by atoms with Crippen LogP contribution in [0.3, 0.4) is 0 Å². The van der Waals surface area contributed by atoms with Crippen LogP contribution in [0.1, 0.15) is 22.3 Å². The summed E-state index contributed by atoms with van der Waals surface area (Å²) in [6.45, 7) is 5.88. The van der Waals surface area contributed by atoms with E-state index < -0.39 is 9.84 Å². The summed E-state index contributed by atoms with van der Waals surface area (Å²) in [5.41, 5.74) is 4.01. The van der Waals surface area contributed by atoms with Crippen LogP contribution in [-0.4, -0.2) is 14.7 Å². The van der Waals surface area contributed by atoms with E-state index in [4.69, 9.17) is 0 Å². The van der Waals surface area contributed by atoms with Gasteiger partial charge in [0.2, 0.25) is 9.84 Å². The molecule has 80 valence electrons. The summed E-state index contributed by atoms with van der Waals surface area (Å²) in [4.78, 5) is 0. The Bertz CT molecular complexity index is 520. The lowest BCUT2D eigenvalue weighted by Crippen LogP contribution is -1.93. The second kappa shape index (κ2) is 4.08. The molecule has 0 aromatic heterocycles. The van der Waals surface area contributed by atoms with Crippen molar-refractivity contribution in [1.29, 1.82) is 0 Å². The third-order valence-corrected chi connectivity index (χ3v) is 2.51. The summed E-state index contributed by atoms with van der Waals surface area (Å²) in [7, 11) is -3.23. The van der Waals surface area contributed by atoms with E-state index in [0.29, 0.717) is 0 Å². The molecule has 0 unspecified atom stereocenters. The lowest BCUT2D eigenvalue weighted by atomic mass is 10.0. The third-order valence-electron chi connectivity index (χ3n) is 2.04. The molecule has 1 aromatic carbocycles. The summed E-state index contributed by atoms with van der Waals surface area (Å²) in [6.07, 6.45) is 1.11. The fourth-order valence-corrected chi connectivity index (χ4v) is 1.81. The number of aryl methyl sites for hydroxylation is 3. The maximum absolute atomic E-state index is 10.9. The van der Waals surface area contributed by atoms with Crippen molar-refractivity contribution in [2.24, 2.45) is 0 Å². The Morgan fingerprint density at radius 3 is 1.93 bits per heavy atom. The molecule has 0 heterocycles. The smallest absolute Gasteiger partial charge is 0.214 e. The van der Waals surface area contributed by atoms with Crippen LogP contribution in [0.2, 0.25) is 0 Å². The first kappa shape index (κ1) is 11.8. The summed E-state index contributed by atoms with van der Waals surface area (Å²) >= 11 is 0. The van der Waals surface area contributed by atoms with Gasteiger partial charge < -0.3 is 0 Å². The Kier molecular flexibility index (Phi) is 3.21. The standard InChI is InChI=1S/C12H14O2S/c1-9-7-10(2)12(11(3)8-9)5-6-15(4,13)14/h7-8H,1-4H3. The fraction of sp³-hybridized carbons (Fsp3) is 0.333. The van der Waals surface area contributed by atoms with E-state index in [9.17, 15) is 8.42 Å². The van der Waals surface area contributed by atoms with Gasteiger partial charge in [-0.05, 0) is 37.8 Å². The van der Waals surface area contributed by atoms with Crippen LogP contribution in [0.25, 0.3) is 0 Å². The van der Waals surface area contributed by atoms with Crippen molar-refractivity contribution in [3.63, 3.8) is 0 Å². The van der Waals surface area contributed by atoms with E-state index in [1.165, 1.54) is 0 Å². The summed E-state index contributed by atoms with van der Waals surface area (Å²) in [5.74, 6) is 2.71. The highest BCUT2D eigenvalue weighted by atomic mass is 32.2. The second-order valence-electron chi connectivity index (χ2n) is 3.77. The normalized spacial score (nSPS) is 10.7. The summed E-state index contributed by atoms with van der Waals surface area (Å²) in [6, 6.07) is 4.00. The van der Waals surface area contributed by atoms with E-state index in [2.05, 4.69) is 11.2 Å². The molecule has 1 aromatic rings. The van der Waals surface area contributed by atoms with Crippen LogP contribution in [-0.2, 0) is 9.84 Å². The zero-order chi connectivity index (χ0) is 11.6.